The van der Waals surface area contributed by atoms with Gasteiger partial charge >= 0.3 is 0 Å². The summed E-state index contributed by atoms with van der Waals surface area (Å²) in [7, 11) is 0. The molecule has 0 aliphatic heterocycles. The van der Waals surface area contributed by atoms with Gasteiger partial charge in [-0.05, 0) is 30.3 Å². The van der Waals surface area contributed by atoms with Crippen LogP contribution in [-0.4, -0.2) is 25.6 Å². The van der Waals surface area contributed by atoms with Crippen LogP contribution in [0.5, 0.6) is 11.6 Å². The fourth-order valence-corrected chi connectivity index (χ4v) is 2.88. The Morgan fingerprint density at radius 1 is 1.16 bits per heavy atom. The lowest BCUT2D eigenvalue weighted by Crippen LogP contribution is -2.22. The summed E-state index contributed by atoms with van der Waals surface area (Å²) >= 11 is 0. The zero-order valence-electron chi connectivity index (χ0n) is 16.5. The van der Waals surface area contributed by atoms with E-state index in [9.17, 15) is 19.3 Å². The van der Waals surface area contributed by atoms with E-state index in [-0.39, 0.29) is 24.0 Å². The third-order valence-corrected chi connectivity index (χ3v) is 4.47. The van der Waals surface area contributed by atoms with Gasteiger partial charge in [0.25, 0.3) is 11.6 Å². The van der Waals surface area contributed by atoms with Crippen LogP contribution in [0.4, 0.5) is 10.1 Å². The summed E-state index contributed by atoms with van der Waals surface area (Å²) in [4.78, 5) is 27.0. The number of hydrogen-bond donors (Lipinski definition) is 1. The number of halogens is 1. The molecule has 0 fully saturated rings. The van der Waals surface area contributed by atoms with Gasteiger partial charge in [0.1, 0.15) is 11.6 Å². The van der Waals surface area contributed by atoms with E-state index in [1.807, 2.05) is 0 Å². The van der Waals surface area contributed by atoms with Crippen molar-refractivity contribution < 1.29 is 18.8 Å². The molecule has 32 heavy (non-hydrogen) atoms. The summed E-state index contributed by atoms with van der Waals surface area (Å²) < 4.78 is 20.5. The molecule has 1 N–H and O–H groups in total. The highest BCUT2D eigenvalue weighted by Crippen LogP contribution is 2.23. The molecule has 0 aliphatic carbocycles. The number of nitrogens with zero attached hydrogens (tertiary/aromatic N) is 4. The summed E-state index contributed by atoms with van der Waals surface area (Å²) in [6.07, 6.45) is 4.45. The Kier molecular flexibility index (Phi) is 5.84. The fraction of sp³-hybridized carbons (Fsp3) is 0.0455. The number of carbonyl (C=O) groups is 1. The molecule has 0 bridgehead atoms. The molecule has 2 heterocycles. The van der Waals surface area contributed by atoms with Crippen LogP contribution in [0.25, 0.3) is 5.69 Å². The van der Waals surface area contributed by atoms with Gasteiger partial charge in [0, 0.05) is 42.7 Å². The predicted octanol–water partition coefficient (Wildman–Crippen LogP) is 4.04. The molecule has 10 heteroatoms. The lowest BCUT2D eigenvalue weighted by molar-refractivity contribution is -0.384. The van der Waals surface area contributed by atoms with Gasteiger partial charge in [-0.1, -0.05) is 12.1 Å². The molecule has 0 atom stereocenters. The first-order valence-electron chi connectivity index (χ1n) is 9.44. The molecule has 4 aromatic rings. The van der Waals surface area contributed by atoms with Crippen molar-refractivity contribution in [3.8, 4) is 17.3 Å². The van der Waals surface area contributed by atoms with Crippen LogP contribution in [0.15, 0.2) is 79.3 Å². The second-order valence-corrected chi connectivity index (χ2v) is 6.66. The maximum Gasteiger partial charge on any atom is 0.269 e. The summed E-state index contributed by atoms with van der Waals surface area (Å²) in [6, 6.07) is 14.9. The average molecular weight is 433 g/mol. The summed E-state index contributed by atoms with van der Waals surface area (Å²) in [6.45, 7) is 0.125. The quantitative estimate of drug-likeness (QED) is 0.348. The van der Waals surface area contributed by atoms with Crippen molar-refractivity contribution in [3.63, 3.8) is 0 Å². The minimum absolute atomic E-state index is 0.0355. The minimum Gasteiger partial charge on any atom is -0.439 e. The van der Waals surface area contributed by atoms with Gasteiger partial charge in [0.05, 0.1) is 22.4 Å². The largest absolute Gasteiger partial charge is 0.439 e. The van der Waals surface area contributed by atoms with Gasteiger partial charge < -0.3 is 10.1 Å². The molecule has 9 nitrogen and oxygen atoms in total. The zero-order valence-corrected chi connectivity index (χ0v) is 16.5. The van der Waals surface area contributed by atoms with Crippen molar-refractivity contribution in [3.05, 3.63) is 106 Å². The first kappa shape index (κ1) is 20.7. The second-order valence-electron chi connectivity index (χ2n) is 6.66. The van der Waals surface area contributed by atoms with Crippen LogP contribution in [0.1, 0.15) is 15.9 Å². The third kappa shape index (κ3) is 4.75. The van der Waals surface area contributed by atoms with Crippen molar-refractivity contribution in [1.29, 1.82) is 0 Å². The first-order chi connectivity index (χ1) is 15.5. The standard InChI is InChI=1S/C22H16FN5O4/c23-17-4-1-5-20(11-17)32-22-15(3-2-10-24-22)12-25-21(29)16-13-26-27(14-16)18-6-8-19(9-7-18)28(30)31/h1-11,13-14H,12H2,(H,25,29). The van der Waals surface area contributed by atoms with Gasteiger partial charge in [0.15, 0.2) is 0 Å². The van der Waals surface area contributed by atoms with E-state index in [4.69, 9.17) is 4.74 Å². The number of amides is 1. The molecule has 0 spiro atoms. The summed E-state index contributed by atoms with van der Waals surface area (Å²) in [5.41, 5.74) is 1.45. The van der Waals surface area contributed by atoms with Crippen LogP contribution >= 0.6 is 0 Å². The van der Waals surface area contributed by atoms with Crippen molar-refractivity contribution in [1.82, 2.24) is 20.1 Å². The monoisotopic (exact) mass is 433 g/mol. The fourth-order valence-electron chi connectivity index (χ4n) is 2.88. The molecule has 0 saturated carbocycles. The number of carbonyl (C=O) groups excluding carboxylic acids is 1. The molecule has 160 valence electrons. The van der Waals surface area contributed by atoms with E-state index in [2.05, 4.69) is 15.4 Å². The van der Waals surface area contributed by atoms with E-state index in [0.717, 1.165) is 0 Å². The van der Waals surface area contributed by atoms with Crippen LogP contribution in [-0.2, 0) is 6.54 Å². The number of ether oxygens (including phenoxy) is 1. The molecular weight excluding hydrogens is 417 g/mol. The van der Waals surface area contributed by atoms with Gasteiger partial charge in [-0.15, -0.1) is 0 Å². The Morgan fingerprint density at radius 3 is 2.72 bits per heavy atom. The van der Waals surface area contributed by atoms with Gasteiger partial charge in [0.2, 0.25) is 5.88 Å². The van der Waals surface area contributed by atoms with Crippen LogP contribution in [0.2, 0.25) is 0 Å². The molecule has 0 unspecified atom stereocenters. The van der Waals surface area contributed by atoms with E-state index in [0.29, 0.717) is 22.6 Å². The second kappa shape index (κ2) is 9.04. The number of aromatic nitrogens is 3. The first-order valence-corrected chi connectivity index (χ1v) is 9.44. The topological polar surface area (TPSA) is 112 Å². The number of hydrogen-bond acceptors (Lipinski definition) is 6. The smallest absolute Gasteiger partial charge is 0.269 e. The third-order valence-electron chi connectivity index (χ3n) is 4.47. The summed E-state index contributed by atoms with van der Waals surface area (Å²) in [5, 5.41) is 17.7. The number of nitro groups is 1. The van der Waals surface area contributed by atoms with Crippen molar-refractivity contribution >= 4 is 11.6 Å². The van der Waals surface area contributed by atoms with Gasteiger partial charge in [-0.3, -0.25) is 14.9 Å². The molecular formula is C22H16FN5O4. The summed E-state index contributed by atoms with van der Waals surface area (Å²) in [5.74, 6) is -0.266. The molecule has 0 saturated heterocycles. The lowest BCUT2D eigenvalue weighted by atomic mass is 10.2. The average Bonchev–Trinajstić information content (AvgIpc) is 3.29. The number of benzene rings is 2. The SMILES string of the molecule is O=C(NCc1cccnc1Oc1cccc(F)c1)c1cnn(-c2ccc([N+](=O)[O-])cc2)c1. The Morgan fingerprint density at radius 2 is 1.97 bits per heavy atom. The van der Waals surface area contributed by atoms with Crippen LogP contribution < -0.4 is 10.1 Å². The Bertz CT molecular complexity index is 1270. The molecule has 2 aromatic heterocycles. The lowest BCUT2D eigenvalue weighted by Gasteiger charge is -2.10. The Hall–Kier alpha value is -4.60. The van der Waals surface area contributed by atoms with Crippen LogP contribution in [0, 0.1) is 15.9 Å². The number of pyridine rings is 1. The highest BCUT2D eigenvalue weighted by Gasteiger charge is 2.13. The normalized spacial score (nSPS) is 10.5. The zero-order chi connectivity index (χ0) is 22.5. The predicted molar refractivity (Wildman–Crippen MR) is 112 cm³/mol. The van der Waals surface area contributed by atoms with E-state index in [1.54, 1.807) is 30.3 Å². The number of non-ortho nitro benzene ring substituents is 1. The molecule has 4 rings (SSSR count). The number of nitrogens with one attached hydrogen (secondary N) is 1. The number of rotatable bonds is 7. The van der Waals surface area contributed by atoms with E-state index < -0.39 is 10.7 Å². The maximum absolute atomic E-state index is 13.4. The molecule has 0 aliphatic rings. The van der Waals surface area contributed by atoms with Crippen LogP contribution in [0.3, 0.4) is 0 Å². The van der Waals surface area contributed by atoms with Gasteiger partial charge in [-0.2, -0.15) is 5.10 Å². The minimum atomic E-state index is -0.490. The van der Waals surface area contributed by atoms with E-state index >= 15 is 0 Å². The van der Waals surface area contributed by atoms with E-state index in [1.165, 1.54) is 53.6 Å². The highest BCUT2D eigenvalue weighted by atomic mass is 19.1. The maximum atomic E-state index is 13.4. The van der Waals surface area contributed by atoms with Gasteiger partial charge in [-0.25, -0.2) is 14.1 Å². The molecule has 2 aromatic carbocycles. The Balaban J connectivity index is 1.43. The van der Waals surface area contributed by atoms with Crippen molar-refractivity contribution in [2.45, 2.75) is 6.54 Å². The highest BCUT2D eigenvalue weighted by molar-refractivity contribution is 5.93. The molecule has 1 amide bonds. The molecule has 0 radical (unpaired) electrons. The van der Waals surface area contributed by atoms with Crippen molar-refractivity contribution in [2.75, 3.05) is 0 Å². The van der Waals surface area contributed by atoms with Crippen molar-refractivity contribution in [2.24, 2.45) is 0 Å². The number of nitro benzene ring substituents is 1. The Labute approximate surface area is 181 Å².